The molecule has 0 radical (unpaired) electrons. The Labute approximate surface area is 146 Å². The molecule has 122 valence electrons. The first-order chi connectivity index (χ1) is 12.1. The van der Waals surface area contributed by atoms with Gasteiger partial charge in [-0.15, -0.1) is 0 Å². The van der Waals surface area contributed by atoms with E-state index >= 15 is 0 Å². The molecule has 0 N–H and O–H groups in total. The quantitative estimate of drug-likeness (QED) is 0.505. The molecule has 4 rings (SSSR count). The molecule has 0 saturated heterocycles. The van der Waals surface area contributed by atoms with Gasteiger partial charge in [0.05, 0.1) is 11.4 Å². The van der Waals surface area contributed by atoms with E-state index < -0.39 is 0 Å². The van der Waals surface area contributed by atoms with Crippen LogP contribution in [0, 0.1) is 25.7 Å². The number of hydrogen-bond donors (Lipinski definition) is 0. The van der Waals surface area contributed by atoms with Crippen molar-refractivity contribution in [1.82, 2.24) is 24.1 Å². The van der Waals surface area contributed by atoms with E-state index in [9.17, 15) is 0 Å². The summed E-state index contributed by atoms with van der Waals surface area (Å²) < 4.78 is 3.71. The fraction of sp³-hybridized carbons (Fsp3) is 0.150. The number of hydrogen-bond acceptors (Lipinski definition) is 3. The van der Waals surface area contributed by atoms with Gasteiger partial charge in [-0.1, -0.05) is 30.3 Å². The molecule has 25 heavy (non-hydrogen) atoms. The lowest BCUT2D eigenvalue weighted by molar-refractivity contribution is 0.893. The van der Waals surface area contributed by atoms with E-state index in [2.05, 4.69) is 26.9 Å². The highest BCUT2D eigenvalue weighted by molar-refractivity contribution is 5.59. The minimum atomic E-state index is 0.708. The maximum absolute atomic E-state index is 4.62. The highest BCUT2D eigenvalue weighted by atomic mass is 15.2. The van der Waals surface area contributed by atoms with Crippen molar-refractivity contribution < 1.29 is 0 Å². The second-order valence-corrected chi connectivity index (χ2v) is 5.97. The van der Waals surface area contributed by atoms with Crippen molar-refractivity contribution in [2.45, 2.75) is 13.8 Å². The van der Waals surface area contributed by atoms with Gasteiger partial charge in [-0.05, 0) is 31.8 Å². The fourth-order valence-electron chi connectivity index (χ4n) is 2.67. The van der Waals surface area contributed by atoms with Crippen LogP contribution in [-0.4, -0.2) is 24.1 Å². The summed E-state index contributed by atoms with van der Waals surface area (Å²) in [5.41, 5.74) is 5.60. The molecule has 1 aromatic carbocycles. The van der Waals surface area contributed by atoms with Gasteiger partial charge in [0.2, 0.25) is 0 Å². The molecule has 0 aliphatic rings. The van der Waals surface area contributed by atoms with E-state index in [-0.39, 0.29) is 0 Å². The van der Waals surface area contributed by atoms with Gasteiger partial charge in [-0.25, -0.2) is 14.5 Å². The summed E-state index contributed by atoms with van der Waals surface area (Å²) in [6.07, 6.45) is 3.88. The summed E-state index contributed by atoms with van der Waals surface area (Å²) in [4.78, 5) is 9.22. The van der Waals surface area contributed by atoms with Gasteiger partial charge in [0, 0.05) is 30.6 Å². The maximum atomic E-state index is 4.62. The van der Waals surface area contributed by atoms with Crippen molar-refractivity contribution in [3.05, 3.63) is 71.6 Å². The molecule has 4 aromatic rings. The SMILES string of the molecule is Cc1nn2ccc(C#Cc3nc(-c4ccccc4)cn3C)nc2c1C. The molecule has 0 unspecified atom stereocenters. The summed E-state index contributed by atoms with van der Waals surface area (Å²) >= 11 is 0. The Morgan fingerprint density at radius 3 is 2.56 bits per heavy atom. The number of aryl methyl sites for hydroxylation is 3. The second kappa shape index (κ2) is 5.91. The number of benzene rings is 1. The van der Waals surface area contributed by atoms with Crippen molar-refractivity contribution in [1.29, 1.82) is 0 Å². The molecular weight excluding hydrogens is 310 g/mol. The lowest BCUT2D eigenvalue weighted by Crippen LogP contribution is -1.94. The first-order valence-electron chi connectivity index (χ1n) is 8.05. The molecule has 0 fully saturated rings. The molecular formula is C20H17N5. The van der Waals surface area contributed by atoms with Crippen molar-refractivity contribution in [2.75, 3.05) is 0 Å². The topological polar surface area (TPSA) is 48.0 Å². The van der Waals surface area contributed by atoms with E-state index in [1.807, 2.05) is 74.3 Å². The van der Waals surface area contributed by atoms with Gasteiger partial charge in [-0.3, -0.25) is 0 Å². The minimum absolute atomic E-state index is 0.708. The third-order valence-electron chi connectivity index (χ3n) is 4.20. The van der Waals surface area contributed by atoms with Crippen LogP contribution < -0.4 is 0 Å². The average molecular weight is 327 g/mol. The van der Waals surface area contributed by atoms with Crippen LogP contribution in [0.15, 0.2) is 48.8 Å². The van der Waals surface area contributed by atoms with E-state index in [1.54, 1.807) is 4.52 Å². The molecule has 0 aliphatic carbocycles. The van der Waals surface area contributed by atoms with Crippen LogP contribution in [0.5, 0.6) is 0 Å². The summed E-state index contributed by atoms with van der Waals surface area (Å²) in [7, 11) is 1.95. The highest BCUT2D eigenvalue weighted by Crippen LogP contribution is 2.17. The maximum Gasteiger partial charge on any atom is 0.186 e. The van der Waals surface area contributed by atoms with E-state index in [4.69, 9.17) is 0 Å². The van der Waals surface area contributed by atoms with Crippen molar-refractivity contribution in [2.24, 2.45) is 7.05 Å². The molecule has 0 atom stereocenters. The van der Waals surface area contributed by atoms with Gasteiger partial charge >= 0.3 is 0 Å². The first-order valence-corrected chi connectivity index (χ1v) is 8.05. The standard InChI is InChI=1S/C20H17N5/c1-14-15(2)23-25-12-11-17(21-20(14)25)9-10-19-22-18(13-24(19)3)16-7-5-4-6-8-16/h4-8,11-13H,1-3H3. The summed E-state index contributed by atoms with van der Waals surface area (Å²) in [6, 6.07) is 12.0. The van der Waals surface area contributed by atoms with E-state index in [1.165, 1.54) is 0 Å². The third kappa shape index (κ3) is 2.79. The molecule has 0 saturated carbocycles. The zero-order chi connectivity index (χ0) is 17.4. The van der Waals surface area contributed by atoms with E-state index in [0.717, 1.165) is 28.2 Å². The molecule has 3 aromatic heterocycles. The Kier molecular flexibility index (Phi) is 3.58. The summed E-state index contributed by atoms with van der Waals surface area (Å²) in [6.45, 7) is 4.00. The Bertz CT molecular complexity index is 1120. The largest absolute Gasteiger partial charge is 0.327 e. The van der Waals surface area contributed by atoms with Crippen LogP contribution in [-0.2, 0) is 7.05 Å². The third-order valence-corrected chi connectivity index (χ3v) is 4.20. The Balaban J connectivity index is 1.70. The van der Waals surface area contributed by atoms with Gasteiger partial charge in [0.1, 0.15) is 5.69 Å². The number of rotatable bonds is 1. The van der Waals surface area contributed by atoms with Crippen molar-refractivity contribution >= 4 is 5.65 Å². The first kappa shape index (κ1) is 15.2. The van der Waals surface area contributed by atoms with Gasteiger partial charge in [0.25, 0.3) is 0 Å². The zero-order valence-corrected chi connectivity index (χ0v) is 14.4. The van der Waals surface area contributed by atoms with Crippen molar-refractivity contribution in [3.8, 4) is 23.1 Å². The van der Waals surface area contributed by atoms with Crippen LogP contribution in [0.3, 0.4) is 0 Å². The second-order valence-electron chi connectivity index (χ2n) is 5.97. The fourth-order valence-corrected chi connectivity index (χ4v) is 2.67. The van der Waals surface area contributed by atoms with Crippen LogP contribution in [0.25, 0.3) is 16.9 Å². The monoisotopic (exact) mass is 327 g/mol. The number of imidazole rings is 1. The van der Waals surface area contributed by atoms with Crippen LogP contribution in [0.1, 0.15) is 22.8 Å². The Hall–Kier alpha value is -3.39. The van der Waals surface area contributed by atoms with E-state index in [0.29, 0.717) is 11.5 Å². The lowest BCUT2D eigenvalue weighted by atomic mass is 10.2. The Morgan fingerprint density at radius 1 is 0.960 bits per heavy atom. The van der Waals surface area contributed by atoms with Crippen LogP contribution in [0.2, 0.25) is 0 Å². The molecule has 0 aliphatic heterocycles. The molecule has 5 nitrogen and oxygen atoms in total. The van der Waals surface area contributed by atoms with Crippen LogP contribution >= 0.6 is 0 Å². The molecule has 0 spiro atoms. The highest BCUT2D eigenvalue weighted by Gasteiger charge is 2.07. The summed E-state index contributed by atoms with van der Waals surface area (Å²) in [5, 5.41) is 4.41. The molecule has 0 bridgehead atoms. The van der Waals surface area contributed by atoms with Gasteiger partial charge in [-0.2, -0.15) is 5.10 Å². The average Bonchev–Trinajstić information content (AvgIpc) is 3.14. The molecule has 0 amide bonds. The predicted octanol–water partition coefficient (Wildman–Crippen LogP) is 3.15. The Morgan fingerprint density at radius 2 is 1.76 bits per heavy atom. The summed E-state index contributed by atoms with van der Waals surface area (Å²) in [5.74, 6) is 6.94. The molecule has 3 heterocycles. The van der Waals surface area contributed by atoms with Gasteiger partial charge in [0.15, 0.2) is 11.5 Å². The number of aromatic nitrogens is 5. The number of fused-ring (bicyclic) bond motifs is 1. The normalized spacial score (nSPS) is 10.7. The smallest absolute Gasteiger partial charge is 0.186 e. The van der Waals surface area contributed by atoms with Crippen molar-refractivity contribution in [3.63, 3.8) is 0 Å². The lowest BCUT2D eigenvalue weighted by Gasteiger charge is -1.94. The predicted molar refractivity (Wildman–Crippen MR) is 97.1 cm³/mol. The minimum Gasteiger partial charge on any atom is -0.327 e. The van der Waals surface area contributed by atoms with Gasteiger partial charge < -0.3 is 4.57 Å². The zero-order valence-electron chi connectivity index (χ0n) is 14.4. The number of nitrogens with zero attached hydrogens (tertiary/aromatic N) is 5. The molecule has 5 heteroatoms. The van der Waals surface area contributed by atoms with Crippen LogP contribution in [0.4, 0.5) is 0 Å².